The fourth-order valence-corrected chi connectivity index (χ4v) is 2.56. The van der Waals surface area contributed by atoms with E-state index in [0.29, 0.717) is 16.3 Å². The zero-order valence-corrected chi connectivity index (χ0v) is 11.7. The zero-order chi connectivity index (χ0) is 14.2. The van der Waals surface area contributed by atoms with Gasteiger partial charge in [-0.1, -0.05) is 23.2 Å². The van der Waals surface area contributed by atoms with Gasteiger partial charge >= 0.3 is 0 Å². The van der Waals surface area contributed by atoms with Crippen LogP contribution in [0.2, 0.25) is 10.2 Å². The van der Waals surface area contributed by atoms with Gasteiger partial charge < -0.3 is 5.11 Å². The Balaban J connectivity index is 2.66. The molecule has 0 atom stereocenters. The highest BCUT2D eigenvalue weighted by Gasteiger charge is 2.13. The molecule has 0 fully saturated rings. The van der Waals surface area contributed by atoms with E-state index in [1.807, 2.05) is 0 Å². The van der Waals surface area contributed by atoms with Gasteiger partial charge in [0, 0.05) is 10.6 Å². The first-order valence-corrected chi connectivity index (χ1v) is 7.26. The largest absolute Gasteiger partial charge is 0.508 e. The number of nitrogens with zero attached hydrogens (tertiary/aromatic N) is 1. The summed E-state index contributed by atoms with van der Waals surface area (Å²) in [5.41, 5.74) is 0.673. The highest BCUT2D eigenvalue weighted by molar-refractivity contribution is 7.89. The average Bonchev–Trinajstić information content (AvgIpc) is 2.25. The number of aromatic nitrogens is 1. The van der Waals surface area contributed by atoms with E-state index < -0.39 is 10.0 Å². The van der Waals surface area contributed by atoms with Crippen molar-refractivity contribution in [3.05, 3.63) is 40.5 Å². The zero-order valence-electron chi connectivity index (χ0n) is 9.34. The number of rotatable bonds is 2. The molecule has 0 unspecified atom stereocenters. The van der Waals surface area contributed by atoms with Crippen LogP contribution in [-0.2, 0) is 10.0 Å². The summed E-state index contributed by atoms with van der Waals surface area (Å²) in [6, 6.07) is 6.60. The Hall–Kier alpha value is -1.34. The number of hydrogen-bond acceptors (Lipinski definition) is 4. The Morgan fingerprint density at radius 1 is 1.11 bits per heavy atom. The first-order chi connectivity index (χ1) is 8.75. The topological polar surface area (TPSA) is 93.3 Å². The molecule has 0 bridgehead atoms. The number of phenols is 1. The van der Waals surface area contributed by atoms with Crippen LogP contribution in [0.5, 0.6) is 5.75 Å². The van der Waals surface area contributed by atoms with E-state index in [2.05, 4.69) is 4.98 Å². The Morgan fingerprint density at radius 3 is 2.37 bits per heavy atom. The smallest absolute Gasteiger partial charge is 0.238 e. The molecule has 1 aromatic heterocycles. The van der Waals surface area contributed by atoms with Crippen LogP contribution in [0.3, 0.4) is 0 Å². The van der Waals surface area contributed by atoms with E-state index in [-0.39, 0.29) is 15.8 Å². The van der Waals surface area contributed by atoms with Gasteiger partial charge in [-0.25, -0.2) is 18.5 Å². The SMILES string of the molecule is NS(=O)(=O)c1cc(O)cc(-c2cc(Cl)cc(Cl)n2)c1. The lowest BCUT2D eigenvalue weighted by atomic mass is 10.1. The first kappa shape index (κ1) is 14.1. The van der Waals surface area contributed by atoms with Crippen molar-refractivity contribution in [2.24, 2.45) is 5.14 Å². The van der Waals surface area contributed by atoms with Crippen molar-refractivity contribution in [2.45, 2.75) is 4.90 Å². The maximum Gasteiger partial charge on any atom is 0.238 e. The van der Waals surface area contributed by atoms with E-state index in [1.165, 1.54) is 24.3 Å². The summed E-state index contributed by atoms with van der Waals surface area (Å²) < 4.78 is 22.6. The highest BCUT2D eigenvalue weighted by atomic mass is 35.5. The summed E-state index contributed by atoms with van der Waals surface area (Å²) in [4.78, 5) is 3.78. The van der Waals surface area contributed by atoms with Gasteiger partial charge in [-0.15, -0.1) is 0 Å². The van der Waals surface area contributed by atoms with Crippen molar-refractivity contribution in [3.8, 4) is 17.0 Å². The number of phenolic OH excluding ortho intramolecular Hbond substituents is 1. The van der Waals surface area contributed by atoms with E-state index in [4.69, 9.17) is 28.3 Å². The van der Waals surface area contributed by atoms with Gasteiger partial charge in [-0.2, -0.15) is 0 Å². The molecule has 0 amide bonds. The van der Waals surface area contributed by atoms with E-state index >= 15 is 0 Å². The van der Waals surface area contributed by atoms with Crippen LogP contribution in [0.25, 0.3) is 11.3 Å². The number of halogens is 2. The Bertz CT molecular complexity index is 727. The summed E-state index contributed by atoms with van der Waals surface area (Å²) in [5, 5.41) is 15.1. The van der Waals surface area contributed by atoms with Gasteiger partial charge in [0.05, 0.1) is 10.6 Å². The average molecular weight is 319 g/mol. The molecule has 100 valence electrons. The molecule has 8 heteroatoms. The van der Waals surface area contributed by atoms with Gasteiger partial charge in [0.15, 0.2) is 0 Å². The molecule has 0 aliphatic heterocycles. The molecule has 1 heterocycles. The molecule has 1 aromatic carbocycles. The van der Waals surface area contributed by atoms with Crippen molar-refractivity contribution in [2.75, 3.05) is 0 Å². The molecule has 0 radical (unpaired) electrons. The van der Waals surface area contributed by atoms with Crippen LogP contribution in [0.4, 0.5) is 0 Å². The fraction of sp³-hybridized carbons (Fsp3) is 0. The third kappa shape index (κ3) is 3.36. The van der Waals surface area contributed by atoms with Gasteiger partial charge in [0.2, 0.25) is 10.0 Å². The molecule has 2 rings (SSSR count). The predicted octanol–water partition coefficient (Wildman–Crippen LogP) is 2.41. The van der Waals surface area contributed by atoms with Crippen LogP contribution in [0.15, 0.2) is 35.2 Å². The summed E-state index contributed by atoms with van der Waals surface area (Å²) in [5.74, 6) is -0.251. The summed E-state index contributed by atoms with van der Waals surface area (Å²) in [7, 11) is -3.93. The second-order valence-corrected chi connectivity index (χ2v) is 6.14. The van der Waals surface area contributed by atoms with E-state index in [1.54, 1.807) is 0 Å². The predicted molar refractivity (Wildman–Crippen MR) is 72.7 cm³/mol. The van der Waals surface area contributed by atoms with Gasteiger partial charge in [0.1, 0.15) is 10.9 Å². The number of benzene rings is 1. The number of hydrogen-bond donors (Lipinski definition) is 2. The Morgan fingerprint density at radius 2 is 1.79 bits per heavy atom. The third-order valence-electron chi connectivity index (χ3n) is 2.27. The van der Waals surface area contributed by atoms with Crippen LogP contribution in [0.1, 0.15) is 0 Å². The van der Waals surface area contributed by atoms with Crippen LogP contribution < -0.4 is 5.14 Å². The summed E-state index contributed by atoms with van der Waals surface area (Å²) in [6.07, 6.45) is 0. The third-order valence-corrected chi connectivity index (χ3v) is 3.58. The van der Waals surface area contributed by atoms with Gasteiger partial charge in [0.25, 0.3) is 0 Å². The normalized spacial score (nSPS) is 11.5. The lowest BCUT2D eigenvalue weighted by Gasteiger charge is -2.06. The van der Waals surface area contributed by atoms with Crippen molar-refractivity contribution in [3.63, 3.8) is 0 Å². The number of pyridine rings is 1. The Labute approximate surface area is 119 Å². The first-order valence-electron chi connectivity index (χ1n) is 4.96. The Kier molecular flexibility index (Phi) is 3.69. The molecule has 2 aromatic rings. The summed E-state index contributed by atoms with van der Waals surface area (Å²) >= 11 is 11.6. The maximum absolute atomic E-state index is 11.3. The number of aromatic hydroxyl groups is 1. The van der Waals surface area contributed by atoms with Gasteiger partial charge in [-0.3, -0.25) is 0 Å². The van der Waals surface area contributed by atoms with E-state index in [9.17, 15) is 13.5 Å². The second-order valence-electron chi connectivity index (χ2n) is 3.75. The second kappa shape index (κ2) is 4.97. The molecule has 19 heavy (non-hydrogen) atoms. The molecular formula is C11H8Cl2N2O3S. The maximum atomic E-state index is 11.3. The monoisotopic (exact) mass is 318 g/mol. The minimum absolute atomic E-state index is 0.156. The number of sulfonamides is 1. The molecule has 0 saturated heterocycles. The van der Waals surface area contributed by atoms with Crippen LogP contribution >= 0.6 is 23.2 Å². The minimum Gasteiger partial charge on any atom is -0.508 e. The quantitative estimate of drug-likeness (QED) is 0.831. The molecule has 0 aliphatic rings. The lowest BCUT2D eigenvalue weighted by Crippen LogP contribution is -2.12. The molecular weight excluding hydrogens is 311 g/mol. The molecule has 0 spiro atoms. The fourth-order valence-electron chi connectivity index (χ4n) is 1.51. The van der Waals surface area contributed by atoms with Crippen molar-refractivity contribution < 1.29 is 13.5 Å². The molecule has 0 saturated carbocycles. The van der Waals surface area contributed by atoms with Crippen LogP contribution in [0, 0.1) is 0 Å². The van der Waals surface area contributed by atoms with Crippen LogP contribution in [-0.4, -0.2) is 18.5 Å². The molecule has 0 aliphatic carbocycles. The van der Waals surface area contributed by atoms with Crippen molar-refractivity contribution in [1.29, 1.82) is 0 Å². The lowest BCUT2D eigenvalue weighted by molar-refractivity contribution is 0.473. The minimum atomic E-state index is -3.93. The van der Waals surface area contributed by atoms with Crippen molar-refractivity contribution in [1.82, 2.24) is 4.98 Å². The summed E-state index contributed by atoms with van der Waals surface area (Å²) in [6.45, 7) is 0. The standard InChI is InChI=1S/C11H8Cl2N2O3S/c12-7-3-10(15-11(13)4-7)6-1-8(16)5-9(2-6)19(14,17)18/h1-5,16H,(H2,14,17,18). The molecule has 5 nitrogen and oxygen atoms in total. The molecule has 3 N–H and O–H groups in total. The van der Waals surface area contributed by atoms with Crippen molar-refractivity contribution >= 4 is 33.2 Å². The van der Waals surface area contributed by atoms with E-state index in [0.717, 1.165) is 6.07 Å². The highest BCUT2D eigenvalue weighted by Crippen LogP contribution is 2.28. The number of primary sulfonamides is 1. The number of nitrogens with two attached hydrogens (primary N) is 1. The van der Waals surface area contributed by atoms with Gasteiger partial charge in [-0.05, 0) is 30.3 Å².